The number of carbonyl (C=O) groups is 1. The molecule has 0 aliphatic carbocycles. The van der Waals surface area contributed by atoms with Crippen LogP contribution in [0.3, 0.4) is 0 Å². The predicted molar refractivity (Wildman–Crippen MR) is 84.2 cm³/mol. The molecule has 2 aromatic rings. The van der Waals surface area contributed by atoms with Crippen molar-refractivity contribution >= 4 is 5.91 Å². The fourth-order valence-electron chi connectivity index (χ4n) is 2.88. The topological polar surface area (TPSA) is 49.3 Å². The molecule has 2 heterocycles. The minimum atomic E-state index is -0.569. The lowest BCUT2D eigenvalue weighted by Gasteiger charge is -2.22. The maximum absolute atomic E-state index is 13.3. The largest absolute Gasteiger partial charge is 0.337 e. The van der Waals surface area contributed by atoms with Gasteiger partial charge in [-0.1, -0.05) is 0 Å². The van der Waals surface area contributed by atoms with E-state index >= 15 is 0 Å². The lowest BCUT2D eigenvalue weighted by atomic mass is 10.2. The lowest BCUT2D eigenvalue weighted by molar-refractivity contribution is 0.0760. The molecule has 5 nitrogen and oxygen atoms in total. The summed E-state index contributed by atoms with van der Waals surface area (Å²) in [6.07, 6.45) is 5.21. The van der Waals surface area contributed by atoms with Crippen LogP contribution < -0.4 is 0 Å². The summed E-state index contributed by atoms with van der Waals surface area (Å²) in [6, 6.07) is 3.56. The van der Waals surface area contributed by atoms with Crippen LogP contribution >= 0.6 is 0 Å². The Labute approximate surface area is 138 Å². The van der Waals surface area contributed by atoms with Crippen molar-refractivity contribution in [3.05, 3.63) is 59.7 Å². The first-order valence-electron chi connectivity index (χ1n) is 7.83. The molecule has 0 spiro atoms. The number of benzene rings is 1. The molecule has 1 aromatic heterocycles. The minimum Gasteiger partial charge on any atom is -0.337 e. The highest BCUT2D eigenvalue weighted by molar-refractivity contribution is 5.93. The van der Waals surface area contributed by atoms with E-state index in [2.05, 4.69) is 14.9 Å². The molecule has 1 amide bonds. The average Bonchev–Trinajstić information content (AvgIpc) is 2.80. The molecule has 1 saturated heterocycles. The summed E-state index contributed by atoms with van der Waals surface area (Å²) in [5.74, 6) is -1.23. The number of aromatic nitrogens is 2. The van der Waals surface area contributed by atoms with Gasteiger partial charge in [0.05, 0.1) is 5.56 Å². The number of hydrogen-bond donors (Lipinski definition) is 0. The highest BCUT2D eigenvalue weighted by atomic mass is 19.1. The second-order valence-corrected chi connectivity index (χ2v) is 5.83. The van der Waals surface area contributed by atoms with Crippen LogP contribution in [0.1, 0.15) is 22.3 Å². The fourth-order valence-corrected chi connectivity index (χ4v) is 2.88. The molecule has 0 radical (unpaired) electrons. The van der Waals surface area contributed by atoms with Gasteiger partial charge in [-0.05, 0) is 24.1 Å². The fraction of sp³-hybridized carbons (Fsp3) is 0.353. The van der Waals surface area contributed by atoms with E-state index in [-0.39, 0.29) is 5.91 Å². The minimum absolute atomic E-state index is 0.0887. The molecule has 0 bridgehead atoms. The number of hydrogen-bond acceptors (Lipinski definition) is 4. The molecule has 1 fully saturated rings. The van der Waals surface area contributed by atoms with E-state index in [1.807, 2.05) is 0 Å². The van der Waals surface area contributed by atoms with E-state index in [0.29, 0.717) is 37.3 Å². The van der Waals surface area contributed by atoms with Gasteiger partial charge >= 0.3 is 0 Å². The standard InChI is InChI=1S/C17H18F2N4O/c18-15-6-13(7-16(19)8-15)11-22-2-1-3-23(5-4-22)17(24)14-9-20-12-21-10-14/h6-10,12H,1-5,11H2. The first-order chi connectivity index (χ1) is 11.6. The molecule has 0 saturated carbocycles. The number of nitrogens with zero attached hydrogens (tertiary/aromatic N) is 4. The van der Waals surface area contributed by atoms with Gasteiger partial charge in [-0.2, -0.15) is 0 Å². The summed E-state index contributed by atoms with van der Waals surface area (Å²) in [6.45, 7) is 3.09. The number of amides is 1. The molecule has 0 unspecified atom stereocenters. The van der Waals surface area contributed by atoms with Crippen LogP contribution in [-0.2, 0) is 6.54 Å². The third-order valence-electron chi connectivity index (χ3n) is 4.01. The Bertz CT molecular complexity index is 691. The summed E-state index contributed by atoms with van der Waals surface area (Å²) < 4.78 is 26.6. The van der Waals surface area contributed by atoms with Crippen LogP contribution in [0.25, 0.3) is 0 Å². The molecule has 1 aliphatic rings. The molecule has 126 valence electrons. The third kappa shape index (κ3) is 4.11. The normalized spacial score (nSPS) is 16.0. The Morgan fingerprint density at radius 1 is 1.00 bits per heavy atom. The Balaban J connectivity index is 1.62. The monoisotopic (exact) mass is 332 g/mol. The van der Waals surface area contributed by atoms with Gasteiger partial charge in [0.15, 0.2) is 0 Å². The van der Waals surface area contributed by atoms with Gasteiger partial charge in [-0.3, -0.25) is 9.69 Å². The van der Waals surface area contributed by atoms with Crippen LogP contribution in [0.4, 0.5) is 8.78 Å². The molecular weight excluding hydrogens is 314 g/mol. The van der Waals surface area contributed by atoms with E-state index in [0.717, 1.165) is 19.0 Å². The Morgan fingerprint density at radius 3 is 2.42 bits per heavy atom. The third-order valence-corrected chi connectivity index (χ3v) is 4.01. The maximum Gasteiger partial charge on any atom is 0.257 e. The van der Waals surface area contributed by atoms with E-state index in [4.69, 9.17) is 0 Å². The highest BCUT2D eigenvalue weighted by Gasteiger charge is 2.20. The summed E-state index contributed by atoms with van der Waals surface area (Å²) in [4.78, 5) is 24.0. The maximum atomic E-state index is 13.3. The van der Waals surface area contributed by atoms with Crippen LogP contribution in [-0.4, -0.2) is 51.9 Å². The predicted octanol–water partition coefficient (Wildman–Crippen LogP) is 2.10. The number of rotatable bonds is 3. The molecule has 3 rings (SSSR count). The summed E-state index contributed by atoms with van der Waals surface area (Å²) in [5.41, 5.74) is 1.07. The molecule has 1 aromatic carbocycles. The van der Waals surface area contributed by atoms with Crippen LogP contribution in [0.15, 0.2) is 36.9 Å². The van der Waals surface area contributed by atoms with E-state index in [1.54, 1.807) is 4.90 Å². The van der Waals surface area contributed by atoms with Crippen LogP contribution in [0, 0.1) is 11.6 Å². The Hall–Kier alpha value is -2.41. The van der Waals surface area contributed by atoms with Gasteiger partial charge in [0.25, 0.3) is 5.91 Å². The summed E-state index contributed by atoms with van der Waals surface area (Å²) >= 11 is 0. The first-order valence-corrected chi connectivity index (χ1v) is 7.83. The van der Waals surface area contributed by atoms with Crippen molar-refractivity contribution in [2.24, 2.45) is 0 Å². The first kappa shape index (κ1) is 16.4. The van der Waals surface area contributed by atoms with Crippen molar-refractivity contribution < 1.29 is 13.6 Å². The zero-order chi connectivity index (χ0) is 16.9. The van der Waals surface area contributed by atoms with Gasteiger partial charge in [0.1, 0.15) is 18.0 Å². The molecule has 1 aliphatic heterocycles. The molecule has 24 heavy (non-hydrogen) atoms. The van der Waals surface area contributed by atoms with Crippen LogP contribution in [0.2, 0.25) is 0 Å². The second-order valence-electron chi connectivity index (χ2n) is 5.83. The second kappa shape index (κ2) is 7.44. The summed E-state index contributed by atoms with van der Waals surface area (Å²) in [7, 11) is 0. The van der Waals surface area contributed by atoms with E-state index in [9.17, 15) is 13.6 Å². The zero-order valence-electron chi connectivity index (χ0n) is 13.2. The van der Waals surface area contributed by atoms with Crippen molar-refractivity contribution in [3.8, 4) is 0 Å². The van der Waals surface area contributed by atoms with Crippen molar-refractivity contribution in [2.75, 3.05) is 26.2 Å². The van der Waals surface area contributed by atoms with Gasteiger partial charge in [-0.15, -0.1) is 0 Å². The van der Waals surface area contributed by atoms with Gasteiger partial charge in [0.2, 0.25) is 0 Å². The Morgan fingerprint density at radius 2 is 1.71 bits per heavy atom. The van der Waals surface area contributed by atoms with Crippen molar-refractivity contribution in [3.63, 3.8) is 0 Å². The molecule has 0 N–H and O–H groups in total. The lowest BCUT2D eigenvalue weighted by Crippen LogP contribution is -2.35. The number of halogens is 2. The van der Waals surface area contributed by atoms with Gasteiger partial charge in [0, 0.05) is 51.2 Å². The van der Waals surface area contributed by atoms with Crippen molar-refractivity contribution in [2.45, 2.75) is 13.0 Å². The van der Waals surface area contributed by atoms with Gasteiger partial charge < -0.3 is 4.90 Å². The molecule has 7 heteroatoms. The van der Waals surface area contributed by atoms with Crippen LogP contribution in [0.5, 0.6) is 0 Å². The zero-order valence-corrected chi connectivity index (χ0v) is 13.2. The molecular formula is C17H18F2N4O. The Kier molecular flexibility index (Phi) is 5.10. The van der Waals surface area contributed by atoms with Gasteiger partial charge in [-0.25, -0.2) is 18.7 Å². The average molecular weight is 332 g/mol. The van der Waals surface area contributed by atoms with Crippen molar-refractivity contribution in [1.29, 1.82) is 0 Å². The highest BCUT2D eigenvalue weighted by Crippen LogP contribution is 2.13. The van der Waals surface area contributed by atoms with Crippen molar-refractivity contribution in [1.82, 2.24) is 19.8 Å². The van der Waals surface area contributed by atoms with E-state index in [1.165, 1.54) is 30.9 Å². The smallest absolute Gasteiger partial charge is 0.257 e. The van der Waals surface area contributed by atoms with E-state index < -0.39 is 11.6 Å². The molecule has 0 atom stereocenters. The quantitative estimate of drug-likeness (QED) is 0.864. The number of carbonyl (C=O) groups excluding carboxylic acids is 1. The SMILES string of the molecule is O=C(c1cncnc1)N1CCCN(Cc2cc(F)cc(F)c2)CC1. The summed E-state index contributed by atoms with van der Waals surface area (Å²) in [5, 5.41) is 0.